The van der Waals surface area contributed by atoms with Crippen LogP contribution in [0.5, 0.6) is 0 Å². The molecule has 1 heterocycles. The molecule has 0 bridgehead atoms. The van der Waals surface area contributed by atoms with Crippen LogP contribution in [0.1, 0.15) is 31.1 Å². The number of rotatable bonds is 7. The summed E-state index contributed by atoms with van der Waals surface area (Å²) in [6.45, 7) is -0.206. The van der Waals surface area contributed by atoms with Crippen molar-refractivity contribution in [3.8, 4) is 0 Å². The van der Waals surface area contributed by atoms with E-state index in [-0.39, 0.29) is 6.61 Å². The van der Waals surface area contributed by atoms with Crippen molar-refractivity contribution in [3.63, 3.8) is 0 Å². The van der Waals surface area contributed by atoms with E-state index in [1.807, 2.05) is 0 Å². The van der Waals surface area contributed by atoms with E-state index < -0.39 is 41.2 Å². The summed E-state index contributed by atoms with van der Waals surface area (Å²) >= 11 is 3.45. The first-order valence-electron chi connectivity index (χ1n) is 10.6. The zero-order valence-corrected chi connectivity index (χ0v) is 19.5. The second-order valence-corrected chi connectivity index (χ2v) is 8.52. The minimum atomic E-state index is -1.07. The summed E-state index contributed by atoms with van der Waals surface area (Å²) in [5.41, 5.74) is 1.08. The van der Waals surface area contributed by atoms with Crippen molar-refractivity contribution in [1.29, 1.82) is 0 Å². The van der Waals surface area contributed by atoms with E-state index in [4.69, 9.17) is 18.9 Å². The molecule has 0 saturated carbocycles. The van der Waals surface area contributed by atoms with Crippen LogP contribution < -0.4 is 0 Å². The molecule has 0 amide bonds. The predicted molar refractivity (Wildman–Crippen MR) is 126 cm³/mol. The maximum absolute atomic E-state index is 12.7. The van der Waals surface area contributed by atoms with Crippen LogP contribution in [-0.2, 0) is 18.9 Å². The van der Waals surface area contributed by atoms with E-state index in [9.17, 15) is 14.4 Å². The molecule has 1 fully saturated rings. The first-order valence-corrected chi connectivity index (χ1v) is 11.5. The van der Waals surface area contributed by atoms with Crippen molar-refractivity contribution in [2.75, 3.05) is 6.61 Å². The van der Waals surface area contributed by atoms with E-state index >= 15 is 0 Å². The van der Waals surface area contributed by atoms with Crippen molar-refractivity contribution < 1.29 is 33.3 Å². The van der Waals surface area contributed by atoms with Crippen molar-refractivity contribution in [2.45, 2.75) is 23.3 Å². The second-order valence-electron chi connectivity index (χ2n) is 7.46. The predicted octanol–water partition coefficient (Wildman–Crippen LogP) is 4.41. The van der Waals surface area contributed by atoms with Crippen molar-refractivity contribution in [3.05, 3.63) is 108 Å². The molecule has 1 unspecified atom stereocenters. The molecule has 0 aliphatic carbocycles. The lowest BCUT2D eigenvalue weighted by Crippen LogP contribution is -2.37. The van der Waals surface area contributed by atoms with Crippen LogP contribution in [0.2, 0.25) is 0 Å². The van der Waals surface area contributed by atoms with Crippen LogP contribution in [0.4, 0.5) is 0 Å². The van der Waals surface area contributed by atoms with Crippen LogP contribution in [0.3, 0.4) is 0 Å². The quantitative estimate of drug-likeness (QED) is 0.257. The Morgan fingerprint density at radius 2 is 1.12 bits per heavy atom. The van der Waals surface area contributed by atoms with Gasteiger partial charge in [0, 0.05) is 0 Å². The third-order valence-corrected chi connectivity index (χ3v) is 6.08. The van der Waals surface area contributed by atoms with Gasteiger partial charge in [0.1, 0.15) is 17.5 Å². The van der Waals surface area contributed by atoms with Gasteiger partial charge < -0.3 is 18.9 Å². The van der Waals surface area contributed by atoms with Crippen molar-refractivity contribution >= 4 is 33.8 Å². The highest BCUT2D eigenvalue weighted by atomic mass is 79.9. The first kappa shape index (κ1) is 23.7. The van der Waals surface area contributed by atoms with Gasteiger partial charge in [0.05, 0.1) is 16.7 Å². The third kappa shape index (κ3) is 5.70. The molecule has 1 aliphatic heterocycles. The molecule has 174 valence electrons. The maximum Gasteiger partial charge on any atom is 0.340 e. The van der Waals surface area contributed by atoms with Crippen LogP contribution in [0.25, 0.3) is 0 Å². The highest BCUT2D eigenvalue weighted by Crippen LogP contribution is 2.32. The number of carbonyl (C=O) groups excluding carboxylic acids is 3. The summed E-state index contributed by atoms with van der Waals surface area (Å²) in [4.78, 5) is 36.9. The Balaban J connectivity index is 1.47. The molecule has 7 nitrogen and oxygen atoms in total. The Labute approximate surface area is 204 Å². The van der Waals surface area contributed by atoms with Crippen LogP contribution >= 0.6 is 15.9 Å². The molecule has 0 N–H and O–H groups in total. The molecule has 4 rings (SSSR count). The molecule has 34 heavy (non-hydrogen) atoms. The molecule has 0 spiro atoms. The lowest BCUT2D eigenvalue weighted by atomic mass is 10.1. The Kier molecular flexibility index (Phi) is 7.72. The Morgan fingerprint density at radius 1 is 0.676 bits per heavy atom. The largest absolute Gasteiger partial charge is 0.459 e. The van der Waals surface area contributed by atoms with Gasteiger partial charge in [0.25, 0.3) is 0 Å². The lowest BCUT2D eigenvalue weighted by molar-refractivity contribution is -0.116. The van der Waals surface area contributed by atoms with Crippen LogP contribution in [-0.4, -0.2) is 47.8 Å². The molecule has 0 radical (unpaired) electrons. The molecule has 0 aromatic heterocycles. The summed E-state index contributed by atoms with van der Waals surface area (Å²) in [5.74, 6) is -1.72. The molecule has 4 atom stereocenters. The fourth-order valence-electron chi connectivity index (χ4n) is 3.38. The van der Waals surface area contributed by atoms with Crippen LogP contribution in [0, 0.1) is 0 Å². The minimum absolute atomic E-state index is 0.206. The number of carbonyl (C=O) groups is 3. The van der Waals surface area contributed by atoms with Gasteiger partial charge in [-0.25, -0.2) is 14.4 Å². The smallest absolute Gasteiger partial charge is 0.340 e. The van der Waals surface area contributed by atoms with Gasteiger partial charge >= 0.3 is 17.9 Å². The van der Waals surface area contributed by atoms with E-state index in [0.29, 0.717) is 16.7 Å². The number of halogens is 1. The maximum atomic E-state index is 12.7. The summed E-state index contributed by atoms with van der Waals surface area (Å²) in [6, 6.07) is 25.4. The summed E-state index contributed by atoms with van der Waals surface area (Å²) < 4.78 is 22.4. The Bertz CT molecular complexity index is 1120. The zero-order chi connectivity index (χ0) is 23.9. The zero-order valence-electron chi connectivity index (χ0n) is 17.9. The molecule has 1 saturated heterocycles. The van der Waals surface area contributed by atoms with Gasteiger partial charge in [0.15, 0.2) is 6.10 Å². The summed E-state index contributed by atoms with van der Waals surface area (Å²) in [6.07, 6.45) is -2.81. The fourth-order valence-corrected chi connectivity index (χ4v) is 4.06. The molecule has 3 aromatic carbocycles. The average molecular weight is 525 g/mol. The number of hydrogen-bond acceptors (Lipinski definition) is 7. The van der Waals surface area contributed by atoms with Crippen molar-refractivity contribution in [1.82, 2.24) is 0 Å². The number of benzene rings is 3. The highest BCUT2D eigenvalue weighted by molar-refractivity contribution is 9.09. The molecule has 3 aromatic rings. The third-order valence-electron chi connectivity index (χ3n) is 5.12. The second kappa shape index (κ2) is 11.1. The van der Waals surface area contributed by atoms with Crippen molar-refractivity contribution in [2.24, 2.45) is 0 Å². The SMILES string of the molecule is O=C(OC[C@@H]1O[C@@H](OC(=O)c2ccccc2)[C@@H](Br)C1OC(=O)c1ccccc1)c1ccccc1. The van der Waals surface area contributed by atoms with Gasteiger partial charge in [-0.05, 0) is 36.4 Å². The number of esters is 3. The van der Waals surface area contributed by atoms with E-state index in [0.717, 1.165) is 0 Å². The van der Waals surface area contributed by atoms with E-state index in [2.05, 4.69) is 15.9 Å². The van der Waals surface area contributed by atoms with Gasteiger partial charge in [-0.3, -0.25) is 0 Å². The highest BCUT2D eigenvalue weighted by Gasteiger charge is 2.48. The number of alkyl halides is 1. The number of hydrogen-bond donors (Lipinski definition) is 0. The average Bonchev–Trinajstić information content (AvgIpc) is 3.17. The first-order chi connectivity index (χ1) is 16.5. The minimum Gasteiger partial charge on any atom is -0.459 e. The lowest BCUT2D eigenvalue weighted by Gasteiger charge is -2.20. The van der Waals surface area contributed by atoms with E-state index in [1.54, 1.807) is 91.0 Å². The van der Waals surface area contributed by atoms with Gasteiger partial charge in [0.2, 0.25) is 6.29 Å². The monoisotopic (exact) mass is 524 g/mol. The van der Waals surface area contributed by atoms with Gasteiger partial charge in [-0.2, -0.15) is 0 Å². The normalized spacial score (nSPS) is 21.4. The summed E-state index contributed by atoms with van der Waals surface area (Å²) in [7, 11) is 0. The molecule has 1 aliphatic rings. The topological polar surface area (TPSA) is 88.1 Å². The van der Waals surface area contributed by atoms with Gasteiger partial charge in [-0.15, -0.1) is 0 Å². The Hall–Kier alpha value is -3.49. The van der Waals surface area contributed by atoms with E-state index in [1.165, 1.54) is 0 Å². The Morgan fingerprint density at radius 3 is 1.62 bits per heavy atom. The van der Waals surface area contributed by atoms with Crippen LogP contribution in [0.15, 0.2) is 91.0 Å². The molecule has 8 heteroatoms. The standard InChI is InChI=1S/C26H21BrO7/c27-21-22(33-24(29)18-12-6-2-7-13-18)20(16-31-23(28)17-10-4-1-5-11-17)32-26(21)34-25(30)19-14-8-3-9-15-19/h1-15,20-22,26H,16H2/t20-,21-,22?,26-/m0/s1. The molecular formula is C26H21BrO7. The molecular weight excluding hydrogens is 504 g/mol. The van der Waals surface area contributed by atoms with Gasteiger partial charge in [-0.1, -0.05) is 70.5 Å². The number of ether oxygens (including phenoxy) is 4. The summed E-state index contributed by atoms with van der Waals surface area (Å²) in [5, 5.41) is 0. The fraction of sp³-hybridized carbons (Fsp3) is 0.192.